The Morgan fingerprint density at radius 3 is 2.58 bits per heavy atom. The number of halogens is 3. The molecule has 3 nitrogen and oxygen atoms in total. The molecule has 0 saturated carbocycles. The van der Waals surface area contributed by atoms with Crippen molar-refractivity contribution in [2.75, 3.05) is 0 Å². The van der Waals surface area contributed by atoms with E-state index in [9.17, 15) is 4.79 Å². The van der Waals surface area contributed by atoms with E-state index in [2.05, 4.69) is 56.9 Å². The van der Waals surface area contributed by atoms with E-state index in [-0.39, 0.29) is 0 Å². The van der Waals surface area contributed by atoms with Gasteiger partial charge in [0.25, 0.3) is 0 Å². The molecule has 6 heteroatoms. The van der Waals surface area contributed by atoms with Gasteiger partial charge >= 0.3 is 0 Å². The lowest BCUT2D eigenvalue weighted by Gasteiger charge is -2.13. The second-order valence-corrected chi connectivity index (χ2v) is 10.3. The van der Waals surface area contributed by atoms with E-state index >= 15 is 0 Å². The third-order valence-corrected chi connectivity index (χ3v) is 8.06. The number of primary amides is 1. The van der Waals surface area contributed by atoms with Crippen LogP contribution < -0.4 is 5.73 Å². The first-order chi connectivity index (χ1) is 17.4. The molecular formula is C30H18BrCl2N2O. The lowest BCUT2D eigenvalue weighted by atomic mass is 10.0. The highest BCUT2D eigenvalue weighted by Gasteiger charge is 2.19. The van der Waals surface area contributed by atoms with Crippen LogP contribution in [-0.4, -0.2) is 10.5 Å². The van der Waals surface area contributed by atoms with Crippen molar-refractivity contribution in [3.8, 4) is 11.1 Å². The molecule has 0 aliphatic rings. The Bertz CT molecular complexity index is 1840. The Balaban J connectivity index is 1.63. The van der Waals surface area contributed by atoms with Gasteiger partial charge in [0.2, 0.25) is 5.91 Å². The molecule has 1 aromatic heterocycles. The summed E-state index contributed by atoms with van der Waals surface area (Å²) in [5.74, 6) is -0.468. The Morgan fingerprint density at radius 2 is 1.78 bits per heavy atom. The van der Waals surface area contributed by atoms with Gasteiger partial charge in [-0.25, -0.2) is 0 Å². The average Bonchev–Trinajstić information content (AvgIpc) is 3.18. The quantitative estimate of drug-likeness (QED) is 0.226. The summed E-state index contributed by atoms with van der Waals surface area (Å²) in [6.07, 6.45) is 0. The number of fused-ring (bicyclic) bond motifs is 4. The third kappa shape index (κ3) is 3.77. The number of nitrogens with two attached hydrogens (primary N) is 1. The molecule has 0 unspecified atom stereocenters. The number of aromatic nitrogens is 1. The zero-order valence-corrected chi connectivity index (χ0v) is 22.0. The van der Waals surface area contributed by atoms with Gasteiger partial charge in [-0.15, -0.1) is 0 Å². The van der Waals surface area contributed by atoms with E-state index in [4.69, 9.17) is 28.9 Å². The molecule has 6 aromatic rings. The normalized spacial score (nSPS) is 11.5. The average molecular weight is 573 g/mol. The van der Waals surface area contributed by atoms with Gasteiger partial charge in [0.1, 0.15) is 0 Å². The van der Waals surface area contributed by atoms with Gasteiger partial charge in [0.05, 0.1) is 11.0 Å². The first kappa shape index (κ1) is 23.1. The number of carbonyl (C=O) groups excluding carboxylic acids is 1. The van der Waals surface area contributed by atoms with Crippen LogP contribution in [0.2, 0.25) is 10.0 Å². The molecule has 1 amide bonds. The lowest BCUT2D eigenvalue weighted by Crippen LogP contribution is -2.11. The highest BCUT2D eigenvalue weighted by molar-refractivity contribution is 9.10. The van der Waals surface area contributed by atoms with Crippen LogP contribution in [0, 0.1) is 6.07 Å². The molecule has 36 heavy (non-hydrogen) atoms. The number of carbonyl (C=O) groups is 1. The molecule has 0 atom stereocenters. The second kappa shape index (κ2) is 8.97. The van der Waals surface area contributed by atoms with Crippen LogP contribution >= 0.6 is 39.1 Å². The number of nitrogens with zero attached hydrogens (tertiary/aromatic N) is 1. The Hall–Kier alpha value is -3.31. The smallest absolute Gasteiger partial charge is 0.249 e. The summed E-state index contributed by atoms with van der Waals surface area (Å²) in [4.78, 5) is 12.4. The van der Waals surface area contributed by atoms with Crippen molar-refractivity contribution < 1.29 is 4.79 Å². The lowest BCUT2D eigenvalue weighted by molar-refractivity contribution is 0.100. The van der Waals surface area contributed by atoms with Gasteiger partial charge < -0.3 is 10.3 Å². The molecule has 0 aliphatic carbocycles. The molecule has 0 fully saturated rings. The molecule has 5 aromatic carbocycles. The minimum atomic E-state index is -0.468. The summed E-state index contributed by atoms with van der Waals surface area (Å²) >= 11 is 16.5. The summed E-state index contributed by atoms with van der Waals surface area (Å²) < 4.78 is 3.25. The van der Waals surface area contributed by atoms with Crippen molar-refractivity contribution in [1.82, 2.24) is 4.57 Å². The Kier molecular flexibility index (Phi) is 5.76. The number of rotatable bonds is 4. The minimum absolute atomic E-state index is 0.468. The zero-order valence-electron chi connectivity index (χ0n) is 18.9. The maximum absolute atomic E-state index is 12.4. The molecule has 0 saturated heterocycles. The predicted octanol–water partition coefficient (Wildman–Crippen LogP) is 8.63. The molecule has 0 spiro atoms. The van der Waals surface area contributed by atoms with Crippen molar-refractivity contribution in [3.05, 3.63) is 117 Å². The van der Waals surface area contributed by atoms with Crippen LogP contribution in [0.15, 0.2) is 89.4 Å². The van der Waals surface area contributed by atoms with Gasteiger partial charge in [0.15, 0.2) is 0 Å². The van der Waals surface area contributed by atoms with E-state index in [1.54, 1.807) is 12.1 Å². The Labute approximate surface area is 226 Å². The molecule has 1 radical (unpaired) electrons. The summed E-state index contributed by atoms with van der Waals surface area (Å²) in [7, 11) is 0. The number of hydrogen-bond donors (Lipinski definition) is 1. The summed E-state index contributed by atoms with van der Waals surface area (Å²) in [5, 5.41) is 5.09. The number of hydrogen-bond acceptors (Lipinski definition) is 1. The SMILES string of the molecule is NC(=O)c1cccc2c1c1[c]cc(-c3ccc(Cl)cc3Cl)cc1n2Cc1ccc2ccccc2c1Br. The monoisotopic (exact) mass is 571 g/mol. The highest BCUT2D eigenvalue weighted by atomic mass is 79.9. The Morgan fingerprint density at radius 1 is 0.944 bits per heavy atom. The standard InChI is InChI=1S/C30H18BrCl2N2O/c31-29-19(9-8-17-4-1-2-5-22(17)29)16-35-26-7-3-6-24(30(34)36)28(26)23-12-10-18(14-27(23)35)21-13-11-20(32)15-25(21)33/h1-11,13-15H,16H2,(H2,34,36). The van der Waals surface area contributed by atoms with Gasteiger partial charge in [-0.3, -0.25) is 4.79 Å². The van der Waals surface area contributed by atoms with Gasteiger partial charge in [-0.05, 0) is 80.3 Å². The van der Waals surface area contributed by atoms with E-state index < -0.39 is 5.91 Å². The number of benzene rings is 5. The first-order valence-electron chi connectivity index (χ1n) is 11.3. The maximum Gasteiger partial charge on any atom is 0.249 e. The van der Waals surface area contributed by atoms with Crippen LogP contribution in [-0.2, 0) is 6.54 Å². The maximum atomic E-state index is 12.4. The van der Waals surface area contributed by atoms with Gasteiger partial charge in [-0.1, -0.05) is 71.7 Å². The molecule has 0 aliphatic heterocycles. The van der Waals surface area contributed by atoms with Crippen molar-refractivity contribution in [3.63, 3.8) is 0 Å². The first-order valence-corrected chi connectivity index (χ1v) is 12.9. The summed E-state index contributed by atoms with van der Waals surface area (Å²) in [6.45, 7) is 0.583. The van der Waals surface area contributed by atoms with E-state index in [1.165, 1.54) is 5.39 Å². The minimum Gasteiger partial charge on any atom is -0.366 e. The highest BCUT2D eigenvalue weighted by Crippen LogP contribution is 2.38. The van der Waals surface area contributed by atoms with Gasteiger partial charge in [-0.2, -0.15) is 0 Å². The number of amides is 1. The molecule has 1 heterocycles. The molecule has 175 valence electrons. The fraction of sp³-hybridized carbons (Fsp3) is 0.0333. The molecule has 6 rings (SSSR count). The van der Waals surface area contributed by atoms with Crippen LogP contribution in [0.1, 0.15) is 15.9 Å². The molecule has 0 bridgehead atoms. The van der Waals surface area contributed by atoms with Crippen LogP contribution in [0.3, 0.4) is 0 Å². The molecular weight excluding hydrogens is 555 g/mol. The largest absolute Gasteiger partial charge is 0.366 e. The zero-order chi connectivity index (χ0) is 25.0. The summed E-state index contributed by atoms with van der Waals surface area (Å²) in [5.41, 5.74) is 11.0. The van der Waals surface area contributed by atoms with Crippen LogP contribution in [0.5, 0.6) is 0 Å². The van der Waals surface area contributed by atoms with Crippen molar-refractivity contribution in [2.24, 2.45) is 5.73 Å². The van der Waals surface area contributed by atoms with E-state index in [0.29, 0.717) is 22.2 Å². The topological polar surface area (TPSA) is 48.0 Å². The second-order valence-electron chi connectivity index (χ2n) is 8.68. The van der Waals surface area contributed by atoms with Crippen molar-refractivity contribution in [1.29, 1.82) is 0 Å². The predicted molar refractivity (Wildman–Crippen MR) is 153 cm³/mol. The third-order valence-electron chi connectivity index (χ3n) is 6.57. The fourth-order valence-electron chi connectivity index (χ4n) is 4.88. The molecule has 2 N–H and O–H groups in total. The van der Waals surface area contributed by atoms with Crippen LogP contribution in [0.25, 0.3) is 43.7 Å². The van der Waals surface area contributed by atoms with Crippen molar-refractivity contribution in [2.45, 2.75) is 6.54 Å². The summed E-state index contributed by atoms with van der Waals surface area (Å²) in [6, 6.07) is 31.0. The van der Waals surface area contributed by atoms with E-state index in [1.807, 2.05) is 42.5 Å². The van der Waals surface area contributed by atoms with E-state index in [0.717, 1.165) is 48.4 Å². The van der Waals surface area contributed by atoms with Gasteiger partial charge in [0, 0.05) is 43.0 Å². The van der Waals surface area contributed by atoms with Crippen molar-refractivity contribution >= 4 is 77.6 Å². The van der Waals surface area contributed by atoms with Crippen LogP contribution in [0.4, 0.5) is 0 Å². The fourth-order valence-corrected chi connectivity index (χ4v) is 6.02.